The van der Waals surface area contributed by atoms with Gasteiger partial charge in [-0.05, 0) is 0 Å². The van der Waals surface area contributed by atoms with Gasteiger partial charge in [0.1, 0.15) is 20.4 Å². The molecular weight excluding hydrogens is 358 g/mol. The summed E-state index contributed by atoms with van der Waals surface area (Å²) < 4.78 is 8.49. The van der Waals surface area contributed by atoms with Gasteiger partial charge in [0, 0.05) is 65.4 Å². The molecule has 0 bridgehead atoms. The molecular formula is C7H23O6Y2-. The molecule has 0 aliphatic heterocycles. The summed E-state index contributed by atoms with van der Waals surface area (Å²) >= 11 is 0. The molecule has 0 aliphatic rings. The van der Waals surface area contributed by atoms with Crippen LogP contribution in [0.4, 0.5) is 0 Å². The molecule has 0 fully saturated rings. The summed E-state index contributed by atoms with van der Waals surface area (Å²) in [4.78, 5) is 0. The van der Waals surface area contributed by atoms with Gasteiger partial charge in [0.05, 0.1) is 0 Å². The molecule has 6 nitrogen and oxygen atoms in total. The standard InChI is InChI=1S/C3H8O4.CH4O2.2CH4.CH3.2Y/c4-1-6-3-7-2-5;2-1-3;;;;;/h4-5H,1-3H2;2-3H,1H2;2*1H4;1H3;;/q;;;;-1;;. The topological polar surface area (TPSA) is 99.4 Å². The monoisotopic (exact) mass is 381 g/mol. The first kappa shape index (κ1) is 43.5. The summed E-state index contributed by atoms with van der Waals surface area (Å²) in [5.74, 6) is 0. The van der Waals surface area contributed by atoms with E-state index in [0.717, 1.165) is 0 Å². The number of ether oxygens (including phenoxy) is 2. The predicted octanol–water partition coefficient (Wildman–Crippen LogP) is -0.477. The van der Waals surface area contributed by atoms with Crippen LogP contribution in [-0.2, 0) is 74.9 Å². The van der Waals surface area contributed by atoms with E-state index in [4.69, 9.17) is 20.4 Å². The Kier molecular flexibility index (Phi) is 164. The molecule has 0 unspecified atom stereocenters. The van der Waals surface area contributed by atoms with E-state index in [1.165, 1.54) is 0 Å². The van der Waals surface area contributed by atoms with Crippen LogP contribution >= 0.6 is 0 Å². The first-order valence-corrected chi connectivity index (χ1v) is 2.42. The van der Waals surface area contributed by atoms with Crippen LogP contribution in [0.5, 0.6) is 0 Å². The number of aliphatic hydroxyl groups excluding tert-OH is 3. The molecule has 0 saturated carbocycles. The van der Waals surface area contributed by atoms with Crippen molar-refractivity contribution in [3.63, 3.8) is 0 Å². The molecule has 0 saturated heterocycles. The smallest absolute Gasteiger partial charge is 0.152 e. The van der Waals surface area contributed by atoms with Gasteiger partial charge in [0.2, 0.25) is 0 Å². The maximum atomic E-state index is 7.91. The van der Waals surface area contributed by atoms with E-state index in [0.29, 0.717) is 0 Å². The van der Waals surface area contributed by atoms with Crippen molar-refractivity contribution in [1.29, 1.82) is 0 Å². The van der Waals surface area contributed by atoms with Crippen LogP contribution in [0, 0.1) is 7.43 Å². The Morgan fingerprint density at radius 1 is 0.733 bits per heavy atom. The molecule has 15 heavy (non-hydrogen) atoms. The van der Waals surface area contributed by atoms with Gasteiger partial charge in [0.15, 0.2) is 6.79 Å². The van der Waals surface area contributed by atoms with Gasteiger partial charge in [-0.25, -0.2) is 0 Å². The summed E-state index contributed by atoms with van der Waals surface area (Å²) in [6.45, 7) is -1.56. The van der Waals surface area contributed by atoms with Crippen molar-refractivity contribution in [2.75, 3.05) is 27.2 Å². The second-order valence-corrected chi connectivity index (χ2v) is 0.926. The molecule has 0 aromatic heterocycles. The minimum atomic E-state index is -0.750. The third-order valence-corrected chi connectivity index (χ3v) is 0.349. The zero-order chi connectivity index (χ0) is 8.24. The summed E-state index contributed by atoms with van der Waals surface area (Å²) in [6, 6.07) is 0. The van der Waals surface area contributed by atoms with E-state index in [1.54, 1.807) is 0 Å². The summed E-state index contributed by atoms with van der Waals surface area (Å²) in [7, 11) is 0. The van der Waals surface area contributed by atoms with Crippen molar-refractivity contribution in [2.45, 2.75) is 14.9 Å². The Balaban J connectivity index is -0.0000000147. The third-order valence-electron chi connectivity index (χ3n) is 0.349. The van der Waals surface area contributed by atoms with E-state index in [2.05, 4.69) is 9.47 Å². The Morgan fingerprint density at radius 2 is 0.933 bits per heavy atom. The van der Waals surface area contributed by atoms with Crippen molar-refractivity contribution in [1.82, 2.24) is 0 Å². The zero-order valence-corrected chi connectivity index (χ0v) is 13.3. The van der Waals surface area contributed by atoms with E-state index in [9.17, 15) is 0 Å². The van der Waals surface area contributed by atoms with E-state index >= 15 is 0 Å². The number of aliphatic hydroxyl groups is 4. The second-order valence-electron chi connectivity index (χ2n) is 0.926. The molecule has 8 heteroatoms. The first-order chi connectivity index (χ1) is 4.83. The number of rotatable bonds is 4. The van der Waals surface area contributed by atoms with Crippen molar-refractivity contribution >= 4 is 0 Å². The molecule has 0 spiro atoms. The van der Waals surface area contributed by atoms with Crippen LogP contribution in [0.1, 0.15) is 14.9 Å². The SMILES string of the molecule is C.C.OCO.OCOCOCO.[CH3-].[Y].[Y]. The fourth-order valence-electron chi connectivity index (χ4n) is 0.133. The zero-order valence-electron chi connectivity index (χ0n) is 7.59. The van der Waals surface area contributed by atoms with Crippen molar-refractivity contribution < 1.29 is 95.3 Å². The van der Waals surface area contributed by atoms with E-state index < -0.39 is 6.79 Å². The van der Waals surface area contributed by atoms with Crippen LogP contribution < -0.4 is 0 Å². The predicted molar refractivity (Wildman–Crippen MR) is 50.4 cm³/mol. The molecule has 4 N–H and O–H groups in total. The van der Waals surface area contributed by atoms with Crippen molar-refractivity contribution in [2.24, 2.45) is 0 Å². The first-order valence-electron chi connectivity index (χ1n) is 2.42. The van der Waals surface area contributed by atoms with Gasteiger partial charge in [-0.2, -0.15) is 0 Å². The largest absolute Gasteiger partial charge is 0.371 e. The van der Waals surface area contributed by atoms with Gasteiger partial charge < -0.3 is 37.3 Å². The van der Waals surface area contributed by atoms with Gasteiger partial charge in [-0.15, -0.1) is 0 Å². The Bertz CT molecular complexity index is 48.5. The van der Waals surface area contributed by atoms with Gasteiger partial charge >= 0.3 is 0 Å². The van der Waals surface area contributed by atoms with Gasteiger partial charge in [-0.3, -0.25) is 0 Å². The molecule has 0 aliphatic carbocycles. The number of hydrogen-bond acceptors (Lipinski definition) is 6. The fourth-order valence-corrected chi connectivity index (χ4v) is 0.133. The third kappa shape index (κ3) is 87.5. The normalized spacial score (nSPS) is 5.60. The molecule has 94 valence electrons. The van der Waals surface area contributed by atoms with Crippen LogP contribution in [0.2, 0.25) is 0 Å². The molecule has 0 aromatic rings. The van der Waals surface area contributed by atoms with Crippen molar-refractivity contribution in [3.05, 3.63) is 7.43 Å². The summed E-state index contributed by atoms with van der Waals surface area (Å²) in [5, 5.41) is 30.1. The minimum Gasteiger partial charge on any atom is -0.371 e. The molecule has 0 rings (SSSR count). The fraction of sp³-hybridized carbons (Fsp3) is 0.857. The number of hydrogen-bond donors (Lipinski definition) is 4. The Morgan fingerprint density at radius 3 is 1.07 bits per heavy atom. The molecule has 2 radical (unpaired) electrons. The minimum absolute atomic E-state index is 0. The van der Waals surface area contributed by atoms with Crippen LogP contribution in [-0.4, -0.2) is 47.6 Å². The maximum Gasteiger partial charge on any atom is 0.152 e. The Hall–Kier alpha value is 1.97. The van der Waals surface area contributed by atoms with Gasteiger partial charge in [0.25, 0.3) is 0 Å². The average molecular weight is 381 g/mol. The van der Waals surface area contributed by atoms with Gasteiger partial charge in [-0.1, -0.05) is 14.9 Å². The maximum absolute atomic E-state index is 7.91. The average Bonchev–Trinajstić information content (AvgIpc) is 1.91. The summed E-state index contributed by atoms with van der Waals surface area (Å²) in [6.07, 6.45) is 0. The van der Waals surface area contributed by atoms with E-state index in [1.807, 2.05) is 0 Å². The molecule has 0 amide bonds. The van der Waals surface area contributed by atoms with E-state index in [-0.39, 0.29) is 108 Å². The van der Waals surface area contributed by atoms with Crippen molar-refractivity contribution in [3.8, 4) is 0 Å². The Labute approximate surface area is 143 Å². The molecule has 0 atom stereocenters. The summed E-state index contributed by atoms with van der Waals surface area (Å²) in [5.41, 5.74) is 0. The quantitative estimate of drug-likeness (QED) is 0.299. The van der Waals surface area contributed by atoms with Crippen LogP contribution in [0.3, 0.4) is 0 Å². The second kappa shape index (κ2) is 56.3. The van der Waals surface area contributed by atoms with Crippen LogP contribution in [0.15, 0.2) is 0 Å². The molecule has 0 heterocycles. The molecule has 0 aromatic carbocycles. The van der Waals surface area contributed by atoms with Crippen LogP contribution in [0.25, 0.3) is 0 Å².